The number of piperazine rings is 1. The lowest BCUT2D eigenvalue weighted by molar-refractivity contribution is -0.139. The molecule has 0 aliphatic carbocycles. The van der Waals surface area contributed by atoms with Gasteiger partial charge in [-0.15, -0.1) is 0 Å². The lowest BCUT2D eigenvalue weighted by atomic mass is 10.00. The standard InChI is InChI=1S/C30H29N3O5/c1-37-25-11-12-26-23(15-25)16-27(31-26)29(35)32-18-24(14-20-7-4-3-5-8-20)33(28(34)19-32)17-21-9-6-10-22(13-21)30(36)38-2/h3-13,15-16,24,31H,14,17-19H2,1-2H3/t24-/m0/s1. The second-order valence-electron chi connectivity index (χ2n) is 9.38. The van der Waals surface area contributed by atoms with Gasteiger partial charge < -0.3 is 24.3 Å². The van der Waals surface area contributed by atoms with E-state index >= 15 is 0 Å². The number of H-pyrrole nitrogens is 1. The Balaban J connectivity index is 1.41. The molecule has 0 radical (unpaired) electrons. The molecule has 5 rings (SSSR count). The predicted octanol–water partition coefficient (Wildman–Crippen LogP) is 4.06. The number of carbonyl (C=O) groups excluding carboxylic acids is 3. The quantitative estimate of drug-likeness (QED) is 0.378. The molecule has 1 fully saturated rings. The Morgan fingerprint density at radius 2 is 1.74 bits per heavy atom. The molecule has 3 aromatic carbocycles. The third-order valence-corrected chi connectivity index (χ3v) is 6.88. The topological polar surface area (TPSA) is 91.9 Å². The summed E-state index contributed by atoms with van der Waals surface area (Å²) in [4.78, 5) is 45.6. The van der Waals surface area contributed by atoms with Crippen molar-refractivity contribution in [3.8, 4) is 5.75 Å². The third-order valence-electron chi connectivity index (χ3n) is 6.88. The smallest absolute Gasteiger partial charge is 0.337 e. The van der Waals surface area contributed by atoms with E-state index in [1.54, 1.807) is 36.3 Å². The fraction of sp³-hybridized carbons (Fsp3) is 0.233. The SMILES string of the molecule is COC(=O)c1cccc(CN2C(=O)CN(C(=O)c3cc4cc(OC)ccc4[nH]3)C[C@@H]2Cc2ccccc2)c1. The van der Waals surface area contributed by atoms with Gasteiger partial charge in [0, 0.05) is 24.0 Å². The second kappa shape index (κ2) is 10.8. The average Bonchev–Trinajstić information content (AvgIpc) is 3.38. The molecule has 0 unspecified atom stereocenters. The lowest BCUT2D eigenvalue weighted by Gasteiger charge is -2.41. The van der Waals surface area contributed by atoms with E-state index in [4.69, 9.17) is 9.47 Å². The van der Waals surface area contributed by atoms with Gasteiger partial charge in [-0.1, -0.05) is 42.5 Å². The molecule has 4 aromatic rings. The lowest BCUT2D eigenvalue weighted by Crippen LogP contribution is -2.58. The predicted molar refractivity (Wildman–Crippen MR) is 143 cm³/mol. The average molecular weight is 512 g/mol. The van der Waals surface area contributed by atoms with Gasteiger partial charge >= 0.3 is 5.97 Å². The summed E-state index contributed by atoms with van der Waals surface area (Å²) < 4.78 is 10.1. The summed E-state index contributed by atoms with van der Waals surface area (Å²) >= 11 is 0. The van der Waals surface area contributed by atoms with Gasteiger partial charge in [0.15, 0.2) is 0 Å². The summed E-state index contributed by atoms with van der Waals surface area (Å²) in [5.74, 6) is -0.0884. The van der Waals surface area contributed by atoms with Gasteiger partial charge in [0.1, 0.15) is 18.0 Å². The van der Waals surface area contributed by atoms with Crippen molar-refractivity contribution in [3.05, 3.63) is 101 Å². The molecule has 1 aliphatic heterocycles. The molecule has 8 nitrogen and oxygen atoms in total. The van der Waals surface area contributed by atoms with Crippen LogP contribution in [0.25, 0.3) is 10.9 Å². The molecular formula is C30H29N3O5. The van der Waals surface area contributed by atoms with E-state index in [-0.39, 0.29) is 24.4 Å². The van der Waals surface area contributed by atoms with Gasteiger partial charge in [-0.3, -0.25) is 9.59 Å². The van der Waals surface area contributed by atoms with Gasteiger partial charge in [-0.05, 0) is 53.9 Å². The molecule has 1 N–H and O–H groups in total. The number of methoxy groups -OCH3 is 2. The van der Waals surface area contributed by atoms with Crippen molar-refractivity contribution in [2.75, 3.05) is 27.3 Å². The number of ether oxygens (including phenoxy) is 2. The zero-order valence-electron chi connectivity index (χ0n) is 21.3. The molecule has 38 heavy (non-hydrogen) atoms. The number of aromatic nitrogens is 1. The van der Waals surface area contributed by atoms with Crippen molar-refractivity contribution in [2.45, 2.75) is 19.0 Å². The number of fused-ring (bicyclic) bond motifs is 1. The Kier molecular flexibility index (Phi) is 7.13. The minimum absolute atomic E-state index is 0.0283. The molecule has 1 aromatic heterocycles. The minimum atomic E-state index is -0.426. The van der Waals surface area contributed by atoms with E-state index in [1.807, 2.05) is 59.5 Å². The molecular weight excluding hydrogens is 482 g/mol. The number of rotatable bonds is 7. The minimum Gasteiger partial charge on any atom is -0.497 e. The summed E-state index contributed by atoms with van der Waals surface area (Å²) in [6, 6.07) is 24.1. The van der Waals surface area contributed by atoms with Crippen molar-refractivity contribution < 1.29 is 23.9 Å². The first-order chi connectivity index (χ1) is 18.4. The van der Waals surface area contributed by atoms with Crippen molar-refractivity contribution in [3.63, 3.8) is 0 Å². The molecule has 1 atom stereocenters. The number of amides is 2. The number of aromatic amines is 1. The number of nitrogens with one attached hydrogen (secondary N) is 1. The number of esters is 1. The van der Waals surface area contributed by atoms with Crippen molar-refractivity contribution >= 4 is 28.7 Å². The van der Waals surface area contributed by atoms with Crippen LogP contribution in [0, 0.1) is 0 Å². The Labute approximate surface area is 220 Å². The van der Waals surface area contributed by atoms with Crippen LogP contribution in [0.1, 0.15) is 32.0 Å². The molecule has 2 heterocycles. The molecule has 8 heteroatoms. The van der Waals surface area contributed by atoms with Crippen molar-refractivity contribution in [2.24, 2.45) is 0 Å². The van der Waals surface area contributed by atoms with Crippen LogP contribution in [0.15, 0.2) is 78.9 Å². The Morgan fingerprint density at radius 3 is 2.50 bits per heavy atom. The Hall–Kier alpha value is -4.59. The molecule has 0 spiro atoms. The number of nitrogens with zero attached hydrogens (tertiary/aromatic N) is 2. The maximum absolute atomic E-state index is 13.5. The van der Waals surface area contributed by atoms with Crippen LogP contribution < -0.4 is 4.74 Å². The van der Waals surface area contributed by atoms with E-state index in [0.29, 0.717) is 36.5 Å². The first kappa shape index (κ1) is 25.1. The summed E-state index contributed by atoms with van der Waals surface area (Å²) in [5.41, 5.74) is 3.58. The summed E-state index contributed by atoms with van der Waals surface area (Å²) in [5, 5.41) is 0.865. The fourth-order valence-corrected chi connectivity index (χ4v) is 4.94. The normalized spacial score (nSPS) is 15.5. The van der Waals surface area contributed by atoms with Gasteiger partial charge in [-0.2, -0.15) is 0 Å². The van der Waals surface area contributed by atoms with Crippen molar-refractivity contribution in [1.29, 1.82) is 0 Å². The maximum Gasteiger partial charge on any atom is 0.337 e. The van der Waals surface area contributed by atoms with E-state index in [9.17, 15) is 14.4 Å². The molecule has 0 saturated carbocycles. The first-order valence-corrected chi connectivity index (χ1v) is 12.4. The van der Waals surface area contributed by atoms with Gasteiger partial charge in [0.2, 0.25) is 5.91 Å². The highest BCUT2D eigenvalue weighted by Crippen LogP contribution is 2.25. The van der Waals surface area contributed by atoms with E-state index in [0.717, 1.165) is 22.0 Å². The molecule has 0 bridgehead atoms. The Morgan fingerprint density at radius 1 is 0.947 bits per heavy atom. The Bertz CT molecular complexity index is 1480. The van der Waals surface area contributed by atoms with E-state index < -0.39 is 5.97 Å². The van der Waals surface area contributed by atoms with Gasteiger partial charge in [0.25, 0.3) is 5.91 Å². The fourth-order valence-electron chi connectivity index (χ4n) is 4.94. The van der Waals surface area contributed by atoms with E-state index in [2.05, 4.69) is 4.98 Å². The number of carbonyl (C=O) groups is 3. The molecule has 1 saturated heterocycles. The van der Waals surface area contributed by atoms with Crippen LogP contribution in [0.5, 0.6) is 5.75 Å². The molecule has 1 aliphatic rings. The highest BCUT2D eigenvalue weighted by molar-refractivity contribution is 6.00. The first-order valence-electron chi connectivity index (χ1n) is 12.4. The van der Waals surface area contributed by atoms with Crippen LogP contribution in [-0.2, 0) is 22.5 Å². The van der Waals surface area contributed by atoms with Crippen LogP contribution >= 0.6 is 0 Å². The van der Waals surface area contributed by atoms with Gasteiger partial charge in [-0.25, -0.2) is 4.79 Å². The van der Waals surface area contributed by atoms with Crippen LogP contribution in [0.3, 0.4) is 0 Å². The van der Waals surface area contributed by atoms with Crippen LogP contribution in [-0.4, -0.2) is 65.9 Å². The molecule has 194 valence electrons. The third kappa shape index (κ3) is 5.25. The van der Waals surface area contributed by atoms with Crippen LogP contribution in [0.2, 0.25) is 0 Å². The maximum atomic E-state index is 13.5. The zero-order chi connectivity index (χ0) is 26.6. The van der Waals surface area contributed by atoms with Crippen LogP contribution in [0.4, 0.5) is 0 Å². The van der Waals surface area contributed by atoms with E-state index in [1.165, 1.54) is 7.11 Å². The summed E-state index contributed by atoms with van der Waals surface area (Å²) in [7, 11) is 2.94. The highest BCUT2D eigenvalue weighted by atomic mass is 16.5. The highest BCUT2D eigenvalue weighted by Gasteiger charge is 2.35. The van der Waals surface area contributed by atoms with Gasteiger partial charge in [0.05, 0.1) is 25.8 Å². The number of hydrogen-bond donors (Lipinski definition) is 1. The largest absolute Gasteiger partial charge is 0.497 e. The molecule has 2 amide bonds. The monoisotopic (exact) mass is 511 g/mol. The summed E-state index contributed by atoms with van der Waals surface area (Å²) in [6.45, 7) is 0.684. The number of benzene rings is 3. The second-order valence-corrected chi connectivity index (χ2v) is 9.38. The van der Waals surface area contributed by atoms with Crippen molar-refractivity contribution in [1.82, 2.24) is 14.8 Å². The summed E-state index contributed by atoms with van der Waals surface area (Å²) in [6.07, 6.45) is 0.594. The zero-order valence-corrected chi connectivity index (χ0v) is 21.3. The number of hydrogen-bond acceptors (Lipinski definition) is 5.